The van der Waals surface area contributed by atoms with Crippen LogP contribution in [0.3, 0.4) is 0 Å². The molecule has 8 nitrogen and oxygen atoms in total. The first-order valence-corrected chi connectivity index (χ1v) is 10.4. The number of fused-ring (bicyclic) bond motifs is 1. The molecule has 1 aliphatic heterocycles. The van der Waals surface area contributed by atoms with Gasteiger partial charge < -0.3 is 4.90 Å². The molecule has 1 aliphatic rings. The maximum atomic E-state index is 12.5. The minimum atomic E-state index is -3.61. The van der Waals surface area contributed by atoms with Crippen LogP contribution >= 0.6 is 0 Å². The van der Waals surface area contributed by atoms with Gasteiger partial charge in [-0.1, -0.05) is 30.3 Å². The van der Waals surface area contributed by atoms with Crippen molar-refractivity contribution in [2.45, 2.75) is 11.4 Å². The summed E-state index contributed by atoms with van der Waals surface area (Å²) >= 11 is 0. The van der Waals surface area contributed by atoms with Crippen LogP contribution < -0.4 is 4.72 Å². The molecule has 29 heavy (non-hydrogen) atoms. The van der Waals surface area contributed by atoms with Crippen molar-refractivity contribution in [3.8, 4) is 5.69 Å². The Kier molecular flexibility index (Phi) is 4.89. The van der Waals surface area contributed by atoms with E-state index in [0.29, 0.717) is 12.1 Å². The summed E-state index contributed by atoms with van der Waals surface area (Å²) in [7, 11) is -1.94. The van der Waals surface area contributed by atoms with Crippen LogP contribution in [-0.4, -0.2) is 48.4 Å². The second-order valence-corrected chi connectivity index (χ2v) is 8.30. The molecular formula is C20H19N5O3S. The number of benzene rings is 2. The highest BCUT2D eigenvalue weighted by atomic mass is 32.2. The number of rotatable bonds is 5. The van der Waals surface area contributed by atoms with E-state index >= 15 is 0 Å². The van der Waals surface area contributed by atoms with Gasteiger partial charge in [-0.25, -0.2) is 13.1 Å². The number of amidine groups is 1. The van der Waals surface area contributed by atoms with Crippen LogP contribution in [0.4, 0.5) is 0 Å². The first-order chi connectivity index (χ1) is 13.9. The summed E-state index contributed by atoms with van der Waals surface area (Å²) in [5.74, 6) is -0.0345. The van der Waals surface area contributed by atoms with Crippen LogP contribution in [0, 0.1) is 0 Å². The molecule has 148 valence electrons. The maximum absolute atomic E-state index is 12.5. The quantitative estimate of drug-likeness (QED) is 0.692. The number of carbonyl (C=O) groups is 1. The van der Waals surface area contributed by atoms with Gasteiger partial charge in [0.05, 0.1) is 16.8 Å². The summed E-state index contributed by atoms with van der Waals surface area (Å²) in [6.45, 7) is 0.217. The SMILES string of the molecule is CN(Cc1cnn(-c2ccccc2)c1)C(=O)CN=C1NS(=O)(=O)c2ccccc21. The van der Waals surface area contributed by atoms with Gasteiger partial charge in [0.2, 0.25) is 5.91 Å². The van der Waals surface area contributed by atoms with E-state index in [9.17, 15) is 13.2 Å². The average Bonchev–Trinajstić information content (AvgIpc) is 3.29. The van der Waals surface area contributed by atoms with E-state index in [4.69, 9.17) is 0 Å². The van der Waals surface area contributed by atoms with Gasteiger partial charge in [0.15, 0.2) is 0 Å². The van der Waals surface area contributed by atoms with E-state index in [2.05, 4.69) is 14.8 Å². The number of nitrogens with one attached hydrogen (secondary N) is 1. The van der Waals surface area contributed by atoms with Crippen molar-refractivity contribution in [3.63, 3.8) is 0 Å². The minimum absolute atomic E-state index is 0.157. The van der Waals surface area contributed by atoms with Gasteiger partial charge in [0, 0.05) is 30.9 Å². The Labute approximate surface area is 168 Å². The summed E-state index contributed by atoms with van der Waals surface area (Å²) in [4.78, 5) is 18.4. The third-order valence-electron chi connectivity index (χ3n) is 4.54. The number of hydrogen-bond acceptors (Lipinski definition) is 5. The molecule has 0 fully saturated rings. The molecule has 0 saturated carbocycles. The van der Waals surface area contributed by atoms with Crippen LogP contribution in [0.25, 0.3) is 5.69 Å². The molecule has 0 atom stereocenters. The molecule has 0 aliphatic carbocycles. The van der Waals surface area contributed by atoms with Gasteiger partial charge in [-0.2, -0.15) is 5.10 Å². The summed E-state index contributed by atoms with van der Waals surface area (Å²) in [6, 6.07) is 16.2. The standard InChI is InChI=1S/C20H19N5O3S/c1-24(13-15-11-22-25(14-15)16-7-3-2-4-8-16)19(26)12-21-20-17-9-5-6-10-18(17)29(27,28)23-20/h2-11,14H,12-13H2,1H3,(H,21,23). The Hall–Kier alpha value is -3.46. The van der Waals surface area contributed by atoms with Crippen LogP contribution in [0.1, 0.15) is 11.1 Å². The Morgan fingerprint density at radius 2 is 1.86 bits per heavy atom. The van der Waals surface area contributed by atoms with Crippen molar-refractivity contribution in [2.24, 2.45) is 4.99 Å². The molecule has 0 saturated heterocycles. The lowest BCUT2D eigenvalue weighted by Gasteiger charge is -2.15. The van der Waals surface area contributed by atoms with Gasteiger partial charge in [-0.3, -0.25) is 14.5 Å². The van der Waals surface area contributed by atoms with Gasteiger partial charge in [0.25, 0.3) is 10.0 Å². The normalized spacial score (nSPS) is 15.7. The fraction of sp³-hybridized carbons (Fsp3) is 0.150. The number of nitrogens with zero attached hydrogens (tertiary/aromatic N) is 4. The number of sulfonamides is 1. The molecule has 9 heteroatoms. The highest BCUT2D eigenvalue weighted by Gasteiger charge is 2.30. The van der Waals surface area contributed by atoms with E-state index < -0.39 is 10.0 Å². The zero-order chi connectivity index (χ0) is 20.4. The molecule has 1 amide bonds. The van der Waals surface area contributed by atoms with Crippen LogP contribution in [0.5, 0.6) is 0 Å². The largest absolute Gasteiger partial charge is 0.340 e. The molecule has 2 aromatic carbocycles. The molecule has 0 bridgehead atoms. The first kappa shape index (κ1) is 18.9. The molecular weight excluding hydrogens is 390 g/mol. The van der Waals surface area contributed by atoms with Gasteiger partial charge in [0.1, 0.15) is 12.4 Å². The van der Waals surface area contributed by atoms with Gasteiger partial charge in [-0.05, 0) is 24.3 Å². The van der Waals surface area contributed by atoms with Crippen molar-refractivity contribution in [1.29, 1.82) is 0 Å². The van der Waals surface area contributed by atoms with Crippen LogP contribution in [-0.2, 0) is 21.4 Å². The van der Waals surface area contributed by atoms with Gasteiger partial charge in [-0.15, -0.1) is 0 Å². The minimum Gasteiger partial charge on any atom is -0.340 e. The molecule has 0 unspecified atom stereocenters. The fourth-order valence-corrected chi connectivity index (χ4v) is 4.30. The Balaban J connectivity index is 1.42. The third-order valence-corrected chi connectivity index (χ3v) is 5.93. The number of para-hydroxylation sites is 1. The van der Waals surface area contributed by atoms with Crippen molar-refractivity contribution >= 4 is 21.8 Å². The number of aromatic nitrogens is 2. The molecule has 1 N–H and O–H groups in total. The number of aliphatic imine (C=N–C) groups is 1. The first-order valence-electron chi connectivity index (χ1n) is 8.94. The fourth-order valence-electron chi connectivity index (χ4n) is 3.04. The van der Waals surface area contributed by atoms with Crippen LogP contribution in [0.2, 0.25) is 0 Å². The zero-order valence-corrected chi connectivity index (χ0v) is 16.5. The maximum Gasteiger partial charge on any atom is 0.263 e. The number of amides is 1. The zero-order valence-electron chi connectivity index (χ0n) is 15.7. The summed E-state index contributed by atoms with van der Waals surface area (Å²) < 4.78 is 28.4. The molecule has 0 spiro atoms. The number of hydrogen-bond donors (Lipinski definition) is 1. The monoisotopic (exact) mass is 409 g/mol. The van der Waals surface area contributed by atoms with E-state index in [1.165, 1.54) is 11.0 Å². The molecule has 2 heterocycles. The van der Waals surface area contributed by atoms with Crippen LogP contribution in [0.15, 0.2) is 76.9 Å². The topological polar surface area (TPSA) is 96.7 Å². The lowest BCUT2D eigenvalue weighted by molar-refractivity contribution is -0.128. The van der Waals surface area contributed by atoms with Crippen molar-refractivity contribution in [3.05, 3.63) is 78.1 Å². The number of likely N-dealkylation sites (N-methyl/N-ethyl adjacent to an activating group) is 1. The highest BCUT2D eigenvalue weighted by Crippen LogP contribution is 2.22. The molecule has 1 aromatic heterocycles. The summed E-state index contributed by atoms with van der Waals surface area (Å²) in [6.07, 6.45) is 3.58. The third kappa shape index (κ3) is 3.90. The lowest BCUT2D eigenvalue weighted by atomic mass is 10.2. The van der Waals surface area contributed by atoms with E-state index in [1.54, 1.807) is 36.1 Å². The molecule has 3 aromatic rings. The lowest BCUT2D eigenvalue weighted by Crippen LogP contribution is -2.30. The predicted octanol–water partition coefficient (Wildman–Crippen LogP) is 1.57. The van der Waals surface area contributed by atoms with E-state index in [0.717, 1.165) is 11.3 Å². The Bertz CT molecular complexity index is 1190. The van der Waals surface area contributed by atoms with Gasteiger partial charge >= 0.3 is 0 Å². The molecule has 0 radical (unpaired) electrons. The van der Waals surface area contributed by atoms with Crippen molar-refractivity contribution in [2.75, 3.05) is 13.6 Å². The predicted molar refractivity (Wildman–Crippen MR) is 108 cm³/mol. The Morgan fingerprint density at radius 3 is 2.66 bits per heavy atom. The van der Waals surface area contributed by atoms with Crippen molar-refractivity contribution in [1.82, 2.24) is 19.4 Å². The van der Waals surface area contributed by atoms with Crippen molar-refractivity contribution < 1.29 is 13.2 Å². The second-order valence-electron chi connectivity index (χ2n) is 6.64. The Morgan fingerprint density at radius 1 is 1.14 bits per heavy atom. The summed E-state index contributed by atoms with van der Waals surface area (Å²) in [5.41, 5.74) is 2.29. The summed E-state index contributed by atoms with van der Waals surface area (Å²) in [5, 5.41) is 4.32. The number of carbonyl (C=O) groups excluding carboxylic acids is 1. The average molecular weight is 409 g/mol. The molecule has 4 rings (SSSR count). The van der Waals surface area contributed by atoms with E-state index in [1.807, 2.05) is 36.5 Å². The van der Waals surface area contributed by atoms with E-state index in [-0.39, 0.29) is 23.2 Å². The smallest absolute Gasteiger partial charge is 0.263 e. The second kappa shape index (κ2) is 7.51. The highest BCUT2D eigenvalue weighted by molar-refractivity contribution is 7.90.